The lowest BCUT2D eigenvalue weighted by atomic mass is 10.0. The Morgan fingerprint density at radius 3 is 2.35 bits per heavy atom. The molecule has 0 fully saturated rings. The maximum absolute atomic E-state index is 12.4. The van der Waals surface area contributed by atoms with Crippen LogP contribution in [0.15, 0.2) is 66.7 Å². The third kappa shape index (κ3) is 3.91. The lowest BCUT2D eigenvalue weighted by Crippen LogP contribution is -2.25. The summed E-state index contributed by atoms with van der Waals surface area (Å²) in [6, 6.07) is 20.4. The zero-order chi connectivity index (χ0) is 18.5. The molecule has 0 aliphatic rings. The average Bonchev–Trinajstić information content (AvgIpc) is 2.67. The summed E-state index contributed by atoms with van der Waals surface area (Å²) in [5.74, 6) is 0.0109. The first-order valence-corrected chi connectivity index (χ1v) is 8.43. The third-order valence-electron chi connectivity index (χ3n) is 4.27. The molecule has 3 aromatic carbocycles. The predicted octanol–water partition coefficient (Wildman–Crippen LogP) is 4.21. The van der Waals surface area contributed by atoms with Crippen LogP contribution in [-0.2, 0) is 16.0 Å². The maximum Gasteiger partial charge on any atom is 0.310 e. The highest BCUT2D eigenvalue weighted by Gasteiger charge is 2.20. The normalized spacial score (nSPS) is 11.8. The van der Waals surface area contributed by atoms with Gasteiger partial charge in [-0.3, -0.25) is 9.59 Å². The van der Waals surface area contributed by atoms with Gasteiger partial charge in [0.25, 0.3) is 0 Å². The highest BCUT2D eigenvalue weighted by molar-refractivity contribution is 6.00. The van der Waals surface area contributed by atoms with Crippen LogP contribution < -0.4 is 4.74 Å². The molecule has 0 saturated heterocycles. The Labute approximate surface area is 152 Å². The van der Waals surface area contributed by atoms with Crippen LogP contribution in [0.1, 0.15) is 22.8 Å². The second kappa shape index (κ2) is 7.83. The molecule has 4 heteroatoms. The van der Waals surface area contributed by atoms with Crippen molar-refractivity contribution in [3.63, 3.8) is 0 Å². The number of rotatable bonds is 6. The van der Waals surface area contributed by atoms with Gasteiger partial charge in [-0.25, -0.2) is 0 Å². The molecule has 0 bridgehead atoms. The van der Waals surface area contributed by atoms with Gasteiger partial charge in [-0.15, -0.1) is 0 Å². The monoisotopic (exact) mass is 348 g/mol. The summed E-state index contributed by atoms with van der Waals surface area (Å²) < 4.78 is 10.4. The Balaban J connectivity index is 1.67. The van der Waals surface area contributed by atoms with Gasteiger partial charge in [0, 0.05) is 5.56 Å². The number of hydrogen-bond acceptors (Lipinski definition) is 4. The van der Waals surface area contributed by atoms with Gasteiger partial charge in [-0.2, -0.15) is 0 Å². The van der Waals surface area contributed by atoms with Crippen LogP contribution in [0.2, 0.25) is 0 Å². The Hall–Kier alpha value is -3.14. The Morgan fingerprint density at radius 1 is 0.923 bits per heavy atom. The standard InChI is InChI=1S/C22H20O4/c1-15(22(24)17-10-12-19(25-2)13-11-17)26-21(23)14-18-8-5-7-16-6-3-4-9-20(16)18/h3-13,15H,14H2,1-2H3/t15-/m0/s1. The highest BCUT2D eigenvalue weighted by atomic mass is 16.5. The van der Waals surface area contributed by atoms with Gasteiger partial charge in [-0.1, -0.05) is 42.5 Å². The van der Waals surface area contributed by atoms with E-state index in [4.69, 9.17) is 9.47 Å². The minimum absolute atomic E-state index is 0.127. The van der Waals surface area contributed by atoms with E-state index in [1.54, 1.807) is 38.3 Å². The van der Waals surface area contributed by atoms with Gasteiger partial charge in [-0.05, 0) is 47.5 Å². The number of benzene rings is 3. The van der Waals surface area contributed by atoms with Crippen LogP contribution >= 0.6 is 0 Å². The molecule has 26 heavy (non-hydrogen) atoms. The van der Waals surface area contributed by atoms with E-state index in [0.717, 1.165) is 16.3 Å². The molecule has 4 nitrogen and oxygen atoms in total. The van der Waals surface area contributed by atoms with E-state index in [2.05, 4.69) is 0 Å². The fraction of sp³-hybridized carbons (Fsp3) is 0.182. The van der Waals surface area contributed by atoms with Crippen molar-refractivity contribution < 1.29 is 19.1 Å². The number of methoxy groups -OCH3 is 1. The number of hydrogen-bond donors (Lipinski definition) is 0. The van der Waals surface area contributed by atoms with E-state index in [0.29, 0.717) is 11.3 Å². The van der Waals surface area contributed by atoms with Crippen molar-refractivity contribution >= 4 is 22.5 Å². The summed E-state index contributed by atoms with van der Waals surface area (Å²) in [6.45, 7) is 1.59. The SMILES string of the molecule is COc1ccc(C(=O)[C@H](C)OC(=O)Cc2cccc3ccccc23)cc1. The van der Waals surface area contributed by atoms with E-state index in [1.807, 2.05) is 42.5 Å². The fourth-order valence-electron chi connectivity index (χ4n) is 2.88. The summed E-state index contributed by atoms with van der Waals surface area (Å²) in [5, 5.41) is 2.08. The number of fused-ring (bicyclic) bond motifs is 1. The zero-order valence-corrected chi connectivity index (χ0v) is 14.8. The molecule has 132 valence electrons. The third-order valence-corrected chi connectivity index (χ3v) is 4.27. The van der Waals surface area contributed by atoms with E-state index in [-0.39, 0.29) is 12.2 Å². The molecule has 3 aromatic rings. The summed E-state index contributed by atoms with van der Waals surface area (Å²) in [5.41, 5.74) is 1.37. The molecule has 0 aliphatic heterocycles. The minimum atomic E-state index is -0.842. The molecule has 0 N–H and O–H groups in total. The first-order chi connectivity index (χ1) is 12.6. The van der Waals surface area contributed by atoms with E-state index >= 15 is 0 Å². The van der Waals surface area contributed by atoms with Crippen molar-refractivity contribution in [3.8, 4) is 5.75 Å². The molecule has 0 amide bonds. The van der Waals surface area contributed by atoms with Gasteiger partial charge in [0.1, 0.15) is 5.75 Å². The smallest absolute Gasteiger partial charge is 0.310 e. The summed E-state index contributed by atoms with van der Waals surface area (Å²) >= 11 is 0. The Kier molecular flexibility index (Phi) is 5.32. The fourth-order valence-corrected chi connectivity index (χ4v) is 2.88. The van der Waals surface area contributed by atoms with Crippen LogP contribution in [0.5, 0.6) is 5.75 Å². The number of Topliss-reactive ketones (excluding diaryl/α,β-unsaturated/α-hetero) is 1. The Bertz CT molecular complexity index is 923. The minimum Gasteiger partial charge on any atom is -0.497 e. The molecular formula is C22H20O4. The molecule has 1 atom stereocenters. The van der Waals surface area contributed by atoms with Crippen molar-refractivity contribution in [1.82, 2.24) is 0 Å². The maximum atomic E-state index is 12.4. The van der Waals surface area contributed by atoms with Crippen molar-refractivity contribution in [1.29, 1.82) is 0 Å². The first kappa shape index (κ1) is 17.7. The molecule has 0 saturated carbocycles. The molecule has 0 radical (unpaired) electrons. The summed E-state index contributed by atoms with van der Waals surface area (Å²) in [4.78, 5) is 24.7. The second-order valence-corrected chi connectivity index (χ2v) is 6.04. The molecule has 0 aliphatic carbocycles. The topological polar surface area (TPSA) is 52.6 Å². The second-order valence-electron chi connectivity index (χ2n) is 6.04. The van der Waals surface area contributed by atoms with Crippen molar-refractivity contribution in [2.75, 3.05) is 7.11 Å². The van der Waals surface area contributed by atoms with Crippen LogP contribution in [0.4, 0.5) is 0 Å². The van der Waals surface area contributed by atoms with Crippen LogP contribution in [0.3, 0.4) is 0 Å². The van der Waals surface area contributed by atoms with Crippen molar-refractivity contribution in [3.05, 3.63) is 77.9 Å². The van der Waals surface area contributed by atoms with Crippen LogP contribution in [0, 0.1) is 0 Å². The van der Waals surface area contributed by atoms with Gasteiger partial charge in [0.05, 0.1) is 13.5 Å². The van der Waals surface area contributed by atoms with Crippen molar-refractivity contribution in [2.45, 2.75) is 19.4 Å². The number of carbonyl (C=O) groups excluding carboxylic acids is 2. The quantitative estimate of drug-likeness (QED) is 0.495. The number of ether oxygens (including phenoxy) is 2. The molecular weight excluding hydrogens is 328 g/mol. The zero-order valence-electron chi connectivity index (χ0n) is 14.8. The number of esters is 1. The number of carbonyl (C=O) groups is 2. The van der Waals surface area contributed by atoms with Crippen LogP contribution in [0.25, 0.3) is 10.8 Å². The van der Waals surface area contributed by atoms with Gasteiger partial charge >= 0.3 is 5.97 Å². The predicted molar refractivity (Wildman–Crippen MR) is 101 cm³/mol. The molecule has 0 spiro atoms. The van der Waals surface area contributed by atoms with E-state index < -0.39 is 12.1 Å². The average molecular weight is 348 g/mol. The van der Waals surface area contributed by atoms with Crippen LogP contribution in [-0.4, -0.2) is 25.0 Å². The summed E-state index contributed by atoms with van der Waals surface area (Å²) in [6.07, 6.45) is -0.715. The lowest BCUT2D eigenvalue weighted by molar-refractivity contribution is -0.145. The molecule has 3 rings (SSSR count). The van der Waals surface area contributed by atoms with Gasteiger partial charge < -0.3 is 9.47 Å². The molecule has 0 aromatic heterocycles. The van der Waals surface area contributed by atoms with Gasteiger partial charge in [0.2, 0.25) is 5.78 Å². The van der Waals surface area contributed by atoms with E-state index in [1.165, 1.54) is 0 Å². The Morgan fingerprint density at radius 2 is 1.62 bits per heavy atom. The first-order valence-electron chi connectivity index (χ1n) is 8.43. The lowest BCUT2D eigenvalue weighted by Gasteiger charge is -2.13. The molecule has 0 heterocycles. The van der Waals surface area contributed by atoms with E-state index in [9.17, 15) is 9.59 Å². The van der Waals surface area contributed by atoms with Gasteiger partial charge in [0.15, 0.2) is 6.10 Å². The molecule has 0 unspecified atom stereocenters. The summed E-state index contributed by atoms with van der Waals surface area (Å²) in [7, 11) is 1.56. The largest absolute Gasteiger partial charge is 0.497 e. The van der Waals surface area contributed by atoms with Crippen molar-refractivity contribution in [2.24, 2.45) is 0 Å². The highest BCUT2D eigenvalue weighted by Crippen LogP contribution is 2.20. The number of ketones is 1.